The van der Waals surface area contributed by atoms with Gasteiger partial charge in [0.2, 0.25) is 5.82 Å². The maximum atomic E-state index is 11.8. The molecule has 0 unspecified atom stereocenters. The Hall–Kier alpha value is -2.93. The van der Waals surface area contributed by atoms with Crippen molar-refractivity contribution in [2.45, 2.75) is 13.5 Å². The van der Waals surface area contributed by atoms with E-state index in [1.165, 1.54) is 17.4 Å². The minimum absolute atomic E-state index is 0.0647. The molecule has 3 rings (SSSR count). The van der Waals surface area contributed by atoms with Crippen molar-refractivity contribution >= 4 is 23.4 Å². The van der Waals surface area contributed by atoms with Crippen LogP contribution in [-0.2, 0) is 16.1 Å². The zero-order valence-corrected chi connectivity index (χ0v) is 14.4. The third-order valence-corrected chi connectivity index (χ3v) is 4.02. The predicted molar refractivity (Wildman–Crippen MR) is 94.1 cm³/mol. The lowest BCUT2D eigenvalue weighted by Gasteiger charge is -2.02. The summed E-state index contributed by atoms with van der Waals surface area (Å²) in [4.78, 5) is 16.9. The van der Waals surface area contributed by atoms with E-state index in [2.05, 4.69) is 10.1 Å². The van der Waals surface area contributed by atoms with Gasteiger partial charge in [-0.2, -0.15) is 4.98 Å². The molecule has 2 aromatic heterocycles. The van der Waals surface area contributed by atoms with E-state index in [0.29, 0.717) is 12.4 Å². The second-order valence-electron chi connectivity index (χ2n) is 4.93. The van der Waals surface area contributed by atoms with Crippen LogP contribution in [0.4, 0.5) is 0 Å². The van der Waals surface area contributed by atoms with E-state index in [0.717, 1.165) is 16.2 Å². The molecule has 7 heteroatoms. The first-order valence-electron chi connectivity index (χ1n) is 7.69. The van der Waals surface area contributed by atoms with Crippen LogP contribution in [0.1, 0.15) is 18.4 Å². The molecule has 128 valence electrons. The molecule has 6 nitrogen and oxygen atoms in total. The fourth-order valence-electron chi connectivity index (χ4n) is 2.01. The van der Waals surface area contributed by atoms with Crippen molar-refractivity contribution in [2.24, 2.45) is 0 Å². The van der Waals surface area contributed by atoms with E-state index < -0.39 is 5.97 Å². The van der Waals surface area contributed by atoms with Gasteiger partial charge in [0.25, 0.3) is 5.89 Å². The molecular weight excluding hydrogens is 340 g/mol. The Bertz CT molecular complexity index is 838. The Morgan fingerprint density at radius 2 is 2.12 bits per heavy atom. The zero-order valence-electron chi connectivity index (χ0n) is 13.5. The van der Waals surface area contributed by atoms with E-state index in [4.69, 9.17) is 14.0 Å². The van der Waals surface area contributed by atoms with Crippen LogP contribution in [0.15, 0.2) is 52.4 Å². The summed E-state index contributed by atoms with van der Waals surface area (Å²) in [5.74, 6) is 1.06. The van der Waals surface area contributed by atoms with Gasteiger partial charge in [-0.1, -0.05) is 23.4 Å². The van der Waals surface area contributed by atoms with Crippen molar-refractivity contribution in [3.05, 3.63) is 59.3 Å². The van der Waals surface area contributed by atoms with Crippen molar-refractivity contribution in [1.82, 2.24) is 10.1 Å². The Labute approximate surface area is 148 Å². The standard InChI is InChI=1S/C18H16N2O4S/c1-2-22-14-8-5-13(6-9-14)7-10-17(21)23-12-16-19-18(20-24-16)15-4-3-11-25-15/h3-11H,2,12H2,1H3/b10-7+. The third kappa shape index (κ3) is 4.77. The number of carbonyl (C=O) groups is 1. The van der Waals surface area contributed by atoms with Crippen LogP contribution in [0.3, 0.4) is 0 Å². The molecule has 0 N–H and O–H groups in total. The van der Waals surface area contributed by atoms with Crippen LogP contribution in [0.25, 0.3) is 16.8 Å². The summed E-state index contributed by atoms with van der Waals surface area (Å²) in [7, 11) is 0. The molecule has 2 heterocycles. The molecule has 0 fully saturated rings. The molecule has 0 aliphatic heterocycles. The topological polar surface area (TPSA) is 74.5 Å². The van der Waals surface area contributed by atoms with Gasteiger partial charge in [0, 0.05) is 6.08 Å². The van der Waals surface area contributed by atoms with Gasteiger partial charge in [-0.15, -0.1) is 11.3 Å². The zero-order chi connectivity index (χ0) is 17.5. The fraction of sp³-hybridized carbons (Fsp3) is 0.167. The second kappa shape index (κ2) is 8.25. The molecular formula is C18H16N2O4S. The van der Waals surface area contributed by atoms with Gasteiger partial charge < -0.3 is 14.0 Å². The van der Waals surface area contributed by atoms with Gasteiger partial charge >= 0.3 is 5.97 Å². The highest BCUT2D eigenvalue weighted by atomic mass is 32.1. The summed E-state index contributed by atoms with van der Waals surface area (Å²) >= 11 is 1.51. The molecule has 0 radical (unpaired) electrons. The summed E-state index contributed by atoms with van der Waals surface area (Å²) in [5.41, 5.74) is 0.873. The first-order valence-corrected chi connectivity index (χ1v) is 8.56. The average molecular weight is 356 g/mol. The molecule has 0 bridgehead atoms. The van der Waals surface area contributed by atoms with E-state index in [9.17, 15) is 4.79 Å². The van der Waals surface area contributed by atoms with Crippen LogP contribution in [0.5, 0.6) is 5.75 Å². The van der Waals surface area contributed by atoms with E-state index in [1.807, 2.05) is 48.7 Å². The summed E-state index contributed by atoms with van der Waals surface area (Å²) in [6.45, 7) is 2.48. The smallest absolute Gasteiger partial charge is 0.331 e. The van der Waals surface area contributed by atoms with Crippen molar-refractivity contribution in [1.29, 1.82) is 0 Å². The molecule has 0 amide bonds. The van der Waals surface area contributed by atoms with Gasteiger partial charge in [-0.05, 0) is 42.1 Å². The number of hydrogen-bond donors (Lipinski definition) is 0. The quantitative estimate of drug-likeness (QED) is 0.471. The first-order chi connectivity index (χ1) is 12.2. The number of rotatable bonds is 7. The van der Waals surface area contributed by atoms with Crippen LogP contribution in [0, 0.1) is 0 Å². The minimum atomic E-state index is -0.482. The second-order valence-corrected chi connectivity index (χ2v) is 5.88. The lowest BCUT2D eigenvalue weighted by Crippen LogP contribution is -2.00. The summed E-state index contributed by atoms with van der Waals surface area (Å²) in [5, 5.41) is 5.78. The van der Waals surface area contributed by atoms with Crippen LogP contribution >= 0.6 is 11.3 Å². The van der Waals surface area contributed by atoms with Gasteiger partial charge in [-0.25, -0.2) is 4.79 Å². The number of nitrogens with zero attached hydrogens (tertiary/aromatic N) is 2. The first kappa shape index (κ1) is 16.9. The molecule has 1 aromatic carbocycles. The van der Waals surface area contributed by atoms with Crippen molar-refractivity contribution in [2.75, 3.05) is 6.61 Å². The Balaban J connectivity index is 1.51. The van der Waals surface area contributed by atoms with Crippen molar-refractivity contribution < 1.29 is 18.8 Å². The van der Waals surface area contributed by atoms with Crippen LogP contribution in [-0.4, -0.2) is 22.7 Å². The number of ether oxygens (including phenoxy) is 2. The summed E-state index contributed by atoms with van der Waals surface area (Å²) in [6, 6.07) is 11.2. The normalized spacial score (nSPS) is 10.9. The Morgan fingerprint density at radius 1 is 1.28 bits per heavy atom. The van der Waals surface area contributed by atoms with Gasteiger partial charge in [0.15, 0.2) is 6.61 Å². The molecule has 0 saturated carbocycles. The van der Waals surface area contributed by atoms with Crippen molar-refractivity contribution in [3.63, 3.8) is 0 Å². The largest absolute Gasteiger partial charge is 0.494 e. The third-order valence-electron chi connectivity index (χ3n) is 3.15. The van der Waals surface area contributed by atoms with E-state index in [-0.39, 0.29) is 12.5 Å². The summed E-state index contributed by atoms with van der Waals surface area (Å²) < 4.78 is 15.5. The van der Waals surface area contributed by atoms with Crippen LogP contribution < -0.4 is 4.74 Å². The lowest BCUT2D eigenvalue weighted by molar-refractivity contribution is -0.139. The Morgan fingerprint density at radius 3 is 2.84 bits per heavy atom. The number of esters is 1. The highest BCUT2D eigenvalue weighted by Crippen LogP contribution is 2.21. The maximum absolute atomic E-state index is 11.8. The van der Waals surface area contributed by atoms with E-state index in [1.54, 1.807) is 6.08 Å². The summed E-state index contributed by atoms with van der Waals surface area (Å²) in [6.07, 6.45) is 3.02. The van der Waals surface area contributed by atoms with Crippen LogP contribution in [0.2, 0.25) is 0 Å². The SMILES string of the molecule is CCOc1ccc(/C=C/C(=O)OCc2nc(-c3cccs3)no2)cc1. The molecule has 3 aromatic rings. The number of aromatic nitrogens is 2. The number of thiophene rings is 1. The lowest BCUT2D eigenvalue weighted by atomic mass is 10.2. The molecule has 0 aliphatic carbocycles. The predicted octanol–water partition coefficient (Wildman–Crippen LogP) is 3.95. The van der Waals surface area contributed by atoms with Gasteiger partial charge in [0.05, 0.1) is 11.5 Å². The van der Waals surface area contributed by atoms with Crippen molar-refractivity contribution in [3.8, 4) is 16.5 Å². The van der Waals surface area contributed by atoms with Gasteiger partial charge in [0.1, 0.15) is 5.75 Å². The monoisotopic (exact) mass is 356 g/mol. The molecule has 0 atom stereocenters. The highest BCUT2D eigenvalue weighted by Gasteiger charge is 2.10. The number of carbonyl (C=O) groups excluding carboxylic acids is 1. The maximum Gasteiger partial charge on any atom is 0.331 e. The number of benzene rings is 1. The Kier molecular flexibility index (Phi) is 5.58. The van der Waals surface area contributed by atoms with E-state index >= 15 is 0 Å². The number of hydrogen-bond acceptors (Lipinski definition) is 7. The molecule has 25 heavy (non-hydrogen) atoms. The average Bonchev–Trinajstić information content (AvgIpc) is 3.31. The highest BCUT2D eigenvalue weighted by molar-refractivity contribution is 7.13. The minimum Gasteiger partial charge on any atom is -0.494 e. The fourth-order valence-corrected chi connectivity index (χ4v) is 2.66. The molecule has 0 saturated heterocycles. The molecule has 0 aliphatic rings. The van der Waals surface area contributed by atoms with Gasteiger partial charge in [-0.3, -0.25) is 0 Å². The molecule has 0 spiro atoms.